The maximum Gasteiger partial charge on any atom is 0.266 e. The summed E-state index contributed by atoms with van der Waals surface area (Å²) in [4.78, 5) is 43.9. The molecule has 0 aliphatic rings. The first-order valence-electron chi connectivity index (χ1n) is 12.0. The van der Waals surface area contributed by atoms with Crippen LogP contribution in [0.2, 0.25) is 0 Å². The predicted molar refractivity (Wildman–Crippen MR) is 152 cm³/mol. The summed E-state index contributed by atoms with van der Waals surface area (Å²) in [6.45, 7) is 1.95. The van der Waals surface area contributed by atoms with E-state index in [-0.39, 0.29) is 23.1 Å². The van der Waals surface area contributed by atoms with E-state index in [1.807, 2.05) is 67.6 Å². The fraction of sp³-hybridized carbons (Fsp3) is 0.0667. The van der Waals surface area contributed by atoms with Crippen molar-refractivity contribution in [2.24, 2.45) is 0 Å². The number of benzene rings is 4. The van der Waals surface area contributed by atoms with Gasteiger partial charge in [-0.2, -0.15) is 0 Å². The van der Waals surface area contributed by atoms with E-state index in [0.29, 0.717) is 38.7 Å². The largest absolute Gasteiger partial charge is 0.325 e. The molecule has 5 rings (SSSR count). The Balaban J connectivity index is 1.36. The van der Waals surface area contributed by atoms with Crippen LogP contribution in [-0.4, -0.2) is 27.1 Å². The lowest BCUT2D eigenvalue weighted by molar-refractivity contribution is -0.113. The number of thioether (sulfide) groups is 1. The van der Waals surface area contributed by atoms with Crippen LogP contribution in [-0.2, 0) is 4.79 Å². The molecule has 7 nitrogen and oxygen atoms in total. The van der Waals surface area contributed by atoms with Crippen LogP contribution < -0.4 is 16.2 Å². The van der Waals surface area contributed by atoms with E-state index in [0.717, 1.165) is 17.3 Å². The molecule has 0 atom stereocenters. The van der Waals surface area contributed by atoms with Crippen molar-refractivity contribution in [3.8, 4) is 5.69 Å². The van der Waals surface area contributed by atoms with Gasteiger partial charge >= 0.3 is 0 Å². The minimum Gasteiger partial charge on any atom is -0.325 e. The lowest BCUT2D eigenvalue weighted by Crippen LogP contribution is -2.23. The zero-order valence-corrected chi connectivity index (χ0v) is 21.4. The van der Waals surface area contributed by atoms with E-state index in [1.165, 1.54) is 4.57 Å². The minimum atomic E-state index is -0.326. The molecule has 5 aromatic rings. The minimum absolute atomic E-state index is 0.00849. The van der Waals surface area contributed by atoms with Crippen LogP contribution in [0.15, 0.2) is 113 Å². The highest BCUT2D eigenvalue weighted by Gasteiger charge is 2.17. The van der Waals surface area contributed by atoms with Crippen molar-refractivity contribution in [2.45, 2.75) is 12.1 Å². The number of fused-ring (bicyclic) bond motifs is 1. The normalized spacial score (nSPS) is 10.8. The van der Waals surface area contributed by atoms with Crippen molar-refractivity contribution in [1.29, 1.82) is 0 Å². The van der Waals surface area contributed by atoms with Crippen molar-refractivity contribution in [2.75, 3.05) is 16.4 Å². The summed E-state index contributed by atoms with van der Waals surface area (Å²) in [6.07, 6.45) is 0. The number of rotatable bonds is 7. The van der Waals surface area contributed by atoms with Gasteiger partial charge < -0.3 is 10.6 Å². The zero-order chi connectivity index (χ0) is 26.5. The Morgan fingerprint density at radius 1 is 0.842 bits per heavy atom. The first-order valence-corrected chi connectivity index (χ1v) is 12.9. The molecule has 0 saturated heterocycles. The van der Waals surface area contributed by atoms with Crippen LogP contribution >= 0.6 is 11.8 Å². The SMILES string of the molecule is Cc1cccc(NC(=O)c2ccccc2NC(=O)CSc2nc3ccccc3c(=O)n2-c2ccccc2)c1. The molecule has 0 bridgehead atoms. The highest BCUT2D eigenvalue weighted by Crippen LogP contribution is 2.23. The first kappa shape index (κ1) is 25.0. The average Bonchev–Trinajstić information content (AvgIpc) is 2.93. The fourth-order valence-electron chi connectivity index (χ4n) is 4.04. The van der Waals surface area contributed by atoms with Crippen molar-refractivity contribution >= 4 is 45.9 Å². The molecule has 0 aliphatic carbocycles. The van der Waals surface area contributed by atoms with Crippen LogP contribution in [0.1, 0.15) is 15.9 Å². The standard InChI is InChI=1S/C30H24N4O3S/c1-20-10-9-11-21(18-20)31-28(36)23-14-5-7-16-25(23)32-27(35)19-38-30-33-26-17-8-6-15-24(26)29(37)34(30)22-12-3-2-4-13-22/h2-18H,19H2,1H3,(H,31,36)(H,32,35). The van der Waals surface area contributed by atoms with Gasteiger partial charge in [-0.15, -0.1) is 0 Å². The van der Waals surface area contributed by atoms with Crippen LogP contribution in [0.25, 0.3) is 16.6 Å². The fourth-order valence-corrected chi connectivity index (χ4v) is 4.85. The maximum atomic E-state index is 13.3. The van der Waals surface area contributed by atoms with E-state index in [1.54, 1.807) is 42.5 Å². The topological polar surface area (TPSA) is 93.1 Å². The number of nitrogens with one attached hydrogen (secondary N) is 2. The van der Waals surface area contributed by atoms with Crippen molar-refractivity contribution in [3.05, 3.63) is 125 Å². The number of carbonyl (C=O) groups is 2. The number of nitrogens with zero attached hydrogens (tertiary/aromatic N) is 2. The smallest absolute Gasteiger partial charge is 0.266 e. The zero-order valence-electron chi connectivity index (χ0n) is 20.5. The molecule has 0 unspecified atom stereocenters. The second-order valence-corrected chi connectivity index (χ2v) is 9.54. The summed E-state index contributed by atoms with van der Waals surface area (Å²) in [5.74, 6) is -0.660. The molecule has 0 radical (unpaired) electrons. The molecular weight excluding hydrogens is 496 g/mol. The Morgan fingerprint density at radius 3 is 2.39 bits per heavy atom. The Bertz CT molecular complexity index is 1700. The van der Waals surface area contributed by atoms with Crippen LogP contribution in [0.4, 0.5) is 11.4 Å². The van der Waals surface area contributed by atoms with E-state index in [9.17, 15) is 14.4 Å². The summed E-state index contributed by atoms with van der Waals surface area (Å²) in [7, 11) is 0. The number of hydrogen-bond donors (Lipinski definition) is 2. The van der Waals surface area contributed by atoms with Gasteiger partial charge in [0, 0.05) is 5.69 Å². The number of hydrogen-bond acceptors (Lipinski definition) is 5. The number of anilines is 2. The summed E-state index contributed by atoms with van der Waals surface area (Å²) in [5, 5.41) is 6.61. The second-order valence-electron chi connectivity index (χ2n) is 8.59. The van der Waals surface area contributed by atoms with Gasteiger partial charge in [0.2, 0.25) is 5.91 Å². The molecule has 8 heteroatoms. The van der Waals surface area contributed by atoms with Gasteiger partial charge in [-0.25, -0.2) is 4.98 Å². The maximum absolute atomic E-state index is 13.3. The monoisotopic (exact) mass is 520 g/mol. The molecule has 2 N–H and O–H groups in total. The van der Waals surface area contributed by atoms with Gasteiger partial charge in [0.1, 0.15) is 0 Å². The summed E-state index contributed by atoms with van der Waals surface area (Å²) >= 11 is 1.16. The van der Waals surface area contributed by atoms with Crippen LogP contribution in [0.3, 0.4) is 0 Å². The Labute approximate surface area is 223 Å². The number of aryl methyl sites for hydroxylation is 1. The molecule has 0 saturated carbocycles. The summed E-state index contributed by atoms with van der Waals surface area (Å²) in [6, 6.07) is 30.7. The number of amides is 2. The number of carbonyl (C=O) groups excluding carboxylic acids is 2. The Hall–Kier alpha value is -4.69. The molecule has 1 aromatic heterocycles. The molecule has 2 amide bonds. The lowest BCUT2D eigenvalue weighted by atomic mass is 10.1. The van der Waals surface area contributed by atoms with Crippen LogP contribution in [0.5, 0.6) is 0 Å². The molecular formula is C30H24N4O3S. The molecule has 38 heavy (non-hydrogen) atoms. The average molecular weight is 521 g/mol. The highest BCUT2D eigenvalue weighted by atomic mass is 32.2. The van der Waals surface area contributed by atoms with Gasteiger partial charge in [-0.05, 0) is 61.0 Å². The second kappa shape index (κ2) is 11.1. The van der Waals surface area contributed by atoms with Gasteiger partial charge in [-0.3, -0.25) is 19.0 Å². The molecule has 0 spiro atoms. The van der Waals surface area contributed by atoms with Gasteiger partial charge in [0.15, 0.2) is 5.16 Å². The molecule has 188 valence electrons. The third-order valence-electron chi connectivity index (χ3n) is 5.81. The van der Waals surface area contributed by atoms with E-state index in [2.05, 4.69) is 15.6 Å². The molecule has 4 aromatic carbocycles. The number of aromatic nitrogens is 2. The first-order chi connectivity index (χ1) is 18.5. The van der Waals surface area contributed by atoms with E-state index in [4.69, 9.17) is 0 Å². The quantitative estimate of drug-likeness (QED) is 0.213. The highest BCUT2D eigenvalue weighted by molar-refractivity contribution is 7.99. The predicted octanol–water partition coefficient (Wildman–Crippen LogP) is 5.68. The third-order valence-corrected chi connectivity index (χ3v) is 6.75. The Morgan fingerprint density at radius 2 is 1.58 bits per heavy atom. The van der Waals surface area contributed by atoms with Crippen molar-refractivity contribution < 1.29 is 9.59 Å². The summed E-state index contributed by atoms with van der Waals surface area (Å²) < 4.78 is 1.52. The molecule has 1 heterocycles. The van der Waals surface area contributed by atoms with Crippen molar-refractivity contribution in [3.63, 3.8) is 0 Å². The van der Waals surface area contributed by atoms with E-state index < -0.39 is 0 Å². The van der Waals surface area contributed by atoms with Gasteiger partial charge in [0.25, 0.3) is 11.5 Å². The molecule has 0 fully saturated rings. The molecule has 0 aliphatic heterocycles. The van der Waals surface area contributed by atoms with Gasteiger partial charge in [0.05, 0.1) is 33.6 Å². The summed E-state index contributed by atoms with van der Waals surface area (Å²) in [5.41, 5.74) is 3.46. The lowest BCUT2D eigenvalue weighted by Gasteiger charge is -2.14. The van der Waals surface area contributed by atoms with Crippen LogP contribution in [0, 0.1) is 6.92 Å². The van der Waals surface area contributed by atoms with Gasteiger partial charge in [-0.1, -0.05) is 66.4 Å². The van der Waals surface area contributed by atoms with E-state index >= 15 is 0 Å². The third kappa shape index (κ3) is 5.50. The Kier molecular flexibility index (Phi) is 7.33. The van der Waals surface area contributed by atoms with Crippen molar-refractivity contribution in [1.82, 2.24) is 9.55 Å². The number of para-hydroxylation sites is 3.